The van der Waals surface area contributed by atoms with Crippen LogP contribution < -0.4 is 176 Å². The van der Waals surface area contributed by atoms with Gasteiger partial charge in [0, 0.05) is 0 Å². The zero-order valence-electron chi connectivity index (χ0n) is 5.52. The van der Waals surface area contributed by atoms with E-state index in [1.165, 1.54) is 0 Å². The Hall–Kier alpha value is 4.40. The summed E-state index contributed by atoms with van der Waals surface area (Å²) in [4.78, 5) is 8.44. The Morgan fingerprint density at radius 3 is 1.22 bits per heavy atom. The largest absolute Gasteiger partial charge is 1.00 e. The van der Waals surface area contributed by atoms with Crippen LogP contribution in [0.4, 0.5) is 4.79 Å². The Bertz CT molecular complexity index is 42.0. The van der Waals surface area contributed by atoms with Crippen molar-refractivity contribution in [3.05, 3.63) is 0 Å². The van der Waals surface area contributed by atoms with Gasteiger partial charge in [0.25, 0.3) is 0 Å². The van der Waals surface area contributed by atoms with Crippen molar-refractivity contribution >= 4 is 6.16 Å². The van der Waals surface area contributed by atoms with Crippen LogP contribution in [-0.2, 0) is 0 Å². The summed E-state index contributed by atoms with van der Waals surface area (Å²) in [6, 6.07) is 0. The number of carboxylic acid groups (broad SMARTS) is 2. The first-order chi connectivity index (χ1) is 1.73. The van der Waals surface area contributed by atoms with E-state index in [1.54, 1.807) is 0 Å². The molecule has 0 spiro atoms. The summed E-state index contributed by atoms with van der Waals surface area (Å²) in [6.07, 6.45) is -2.08. The minimum Gasteiger partial charge on any atom is -1.00 e. The van der Waals surface area contributed by atoms with Gasteiger partial charge in [-0.1, -0.05) is 0 Å². The monoisotopic (exact) mass is 232 g/mol. The van der Waals surface area contributed by atoms with Crippen molar-refractivity contribution in [3.63, 3.8) is 0 Å². The smallest absolute Gasteiger partial charge is 1.00 e. The fraction of sp³-hybridized carbons (Fsp3) is 0. The van der Waals surface area contributed by atoms with Crippen molar-refractivity contribution in [2.45, 2.75) is 0 Å². The predicted molar refractivity (Wildman–Crippen MR) is 8.02 cm³/mol. The van der Waals surface area contributed by atoms with Crippen molar-refractivity contribution in [3.8, 4) is 0 Å². The van der Waals surface area contributed by atoms with E-state index < -0.39 is 6.16 Å². The summed E-state index contributed by atoms with van der Waals surface area (Å²) in [6.45, 7) is 0. The van der Waals surface area contributed by atoms with Gasteiger partial charge < -0.3 is 32.1 Å². The fourth-order valence-electron chi connectivity index (χ4n) is 0. The first kappa shape index (κ1) is 37.6. The molecule has 0 radical (unpaired) electrons. The van der Waals surface area contributed by atoms with Gasteiger partial charge in [0.2, 0.25) is 6.16 Å². The molecule has 0 aromatic heterocycles. The molecule has 1 N–H and O–H groups in total. The molecule has 8 heteroatoms. The van der Waals surface area contributed by atoms with Crippen LogP contribution in [0.2, 0.25) is 0 Å². The van der Waals surface area contributed by atoms with E-state index in [0.717, 1.165) is 0 Å². The van der Waals surface area contributed by atoms with Crippen molar-refractivity contribution in [2.24, 2.45) is 0 Å². The summed E-state index contributed by atoms with van der Waals surface area (Å²) in [5, 5.41) is 15.3. The first-order valence-corrected chi connectivity index (χ1v) is 0.632. The van der Waals surface area contributed by atoms with Gasteiger partial charge in [-0.05, 0) is 0 Å². The molecule has 0 fully saturated rings. The van der Waals surface area contributed by atoms with Crippen molar-refractivity contribution < 1.29 is 186 Å². The molecule has 40 valence electrons. The Labute approximate surface area is 186 Å². The topological polar surface area (TPSA) is 60.4 Å². The van der Waals surface area contributed by atoms with Gasteiger partial charge in [0.05, 0.1) is 0 Å². The van der Waals surface area contributed by atoms with Crippen LogP contribution in [0.15, 0.2) is 0 Å². The van der Waals surface area contributed by atoms with Gasteiger partial charge in [0.15, 0.2) is 0 Å². The standard InChI is InChI=1S/CH2O3.ClH.FH.3K/c2-1(3)4;;;;;/h(H2,2,3,4);2*1H;;;/q;;;3*+1/p-3. The van der Waals surface area contributed by atoms with Gasteiger partial charge in [0.1, 0.15) is 0 Å². The molecule has 0 amide bonds. The summed E-state index contributed by atoms with van der Waals surface area (Å²) in [7, 11) is 0. The molecule has 0 unspecified atom stereocenters. The van der Waals surface area contributed by atoms with Gasteiger partial charge in [-0.15, -0.1) is 0 Å². The molecule has 0 bridgehead atoms. The molecule has 9 heavy (non-hydrogen) atoms. The summed E-state index contributed by atoms with van der Waals surface area (Å²) < 4.78 is 0. The van der Waals surface area contributed by atoms with Crippen LogP contribution in [0, 0.1) is 0 Å². The van der Waals surface area contributed by atoms with E-state index in [2.05, 4.69) is 0 Å². The summed E-state index contributed by atoms with van der Waals surface area (Å²) in [5.74, 6) is 0. The van der Waals surface area contributed by atoms with E-state index >= 15 is 0 Å². The maximum Gasteiger partial charge on any atom is 1.00 e. The van der Waals surface area contributed by atoms with Gasteiger partial charge in [-0.25, -0.2) is 0 Å². The summed E-state index contributed by atoms with van der Waals surface area (Å²) >= 11 is 0. The van der Waals surface area contributed by atoms with E-state index in [0.29, 0.717) is 0 Å². The van der Waals surface area contributed by atoms with Crippen LogP contribution in [-0.4, -0.2) is 11.3 Å². The average Bonchev–Trinajstić information content (AvgIpc) is 0.811. The average molecular weight is 233 g/mol. The SMILES string of the molecule is O=C([O-])O.[Cl-].[F-].[K+].[K+].[K+]. The van der Waals surface area contributed by atoms with E-state index in [1.807, 2.05) is 0 Å². The second kappa shape index (κ2) is 29.4. The number of hydrogen-bond acceptors (Lipinski definition) is 2. The molecule has 3 nitrogen and oxygen atoms in total. The zero-order valence-corrected chi connectivity index (χ0v) is 15.6. The number of hydrogen-bond donors (Lipinski definition) is 1. The van der Waals surface area contributed by atoms with Crippen LogP contribution in [0.3, 0.4) is 0 Å². The molecular weight excluding hydrogens is 232 g/mol. The van der Waals surface area contributed by atoms with E-state index in [4.69, 9.17) is 15.0 Å². The maximum atomic E-state index is 8.44. The molecule has 0 aliphatic rings. The van der Waals surface area contributed by atoms with Gasteiger partial charge in [-0.3, -0.25) is 0 Å². The van der Waals surface area contributed by atoms with Crippen molar-refractivity contribution in [1.82, 2.24) is 0 Å². The molecule has 0 aliphatic carbocycles. The number of rotatable bonds is 0. The van der Waals surface area contributed by atoms with Crippen LogP contribution in [0.1, 0.15) is 0 Å². The van der Waals surface area contributed by atoms with E-state index in [-0.39, 0.29) is 171 Å². The molecule has 0 aromatic carbocycles. The Morgan fingerprint density at radius 2 is 1.22 bits per heavy atom. The molecule has 0 rings (SSSR count). The van der Waals surface area contributed by atoms with Crippen LogP contribution >= 0.6 is 0 Å². The predicted octanol–water partition coefficient (Wildman–Crippen LogP) is -16.1. The molecule has 0 aliphatic heterocycles. The Balaban J connectivity index is -0.00000000450. The third-order valence-corrected chi connectivity index (χ3v) is 0. The molecular formula is CHClFK3O3. The van der Waals surface area contributed by atoms with Crippen LogP contribution in [0.25, 0.3) is 0 Å². The zero-order chi connectivity index (χ0) is 3.58. The van der Waals surface area contributed by atoms with E-state index in [9.17, 15) is 0 Å². The second-order valence-corrected chi connectivity index (χ2v) is 0.266. The quantitative estimate of drug-likeness (QED) is 0.422. The van der Waals surface area contributed by atoms with Crippen molar-refractivity contribution in [1.29, 1.82) is 0 Å². The fourth-order valence-corrected chi connectivity index (χ4v) is 0. The third-order valence-electron chi connectivity index (χ3n) is 0. The van der Waals surface area contributed by atoms with Gasteiger partial charge in [-0.2, -0.15) is 0 Å². The molecule has 0 heterocycles. The minimum absolute atomic E-state index is 0. The normalized spacial score (nSPS) is 2.67. The third kappa shape index (κ3) is 69.3. The Morgan fingerprint density at radius 1 is 1.22 bits per heavy atom. The second-order valence-electron chi connectivity index (χ2n) is 0.266. The minimum atomic E-state index is -2.08. The van der Waals surface area contributed by atoms with Crippen LogP contribution in [0.5, 0.6) is 0 Å². The maximum absolute atomic E-state index is 8.44. The molecule has 0 saturated carbocycles. The summed E-state index contributed by atoms with van der Waals surface area (Å²) in [5.41, 5.74) is 0. The first-order valence-electron chi connectivity index (χ1n) is 0.632. The molecule has 0 saturated heterocycles. The Kier molecular flexibility index (Phi) is 123. The molecule has 0 atom stereocenters. The molecule has 0 aromatic rings. The number of carbonyl (C=O) groups is 1. The van der Waals surface area contributed by atoms with Gasteiger partial charge >= 0.3 is 154 Å². The van der Waals surface area contributed by atoms with Crippen molar-refractivity contribution in [2.75, 3.05) is 0 Å². The number of halogens is 2.